The molecule has 1 fully saturated rings. The molecular formula is C17H15ClF3N3O2. The van der Waals surface area contributed by atoms with E-state index in [1.165, 1.54) is 6.08 Å². The zero-order valence-electron chi connectivity index (χ0n) is 13.5. The van der Waals surface area contributed by atoms with E-state index in [1.54, 1.807) is 35.2 Å². The van der Waals surface area contributed by atoms with Crippen LogP contribution in [0.2, 0.25) is 5.02 Å². The summed E-state index contributed by atoms with van der Waals surface area (Å²) in [6, 6.07) is 7.09. The molecule has 1 atom stereocenters. The van der Waals surface area contributed by atoms with Crippen molar-refractivity contribution in [3.05, 3.63) is 52.7 Å². The van der Waals surface area contributed by atoms with E-state index in [4.69, 9.17) is 16.0 Å². The lowest BCUT2D eigenvalue weighted by atomic mass is 9.98. The second-order valence-electron chi connectivity index (χ2n) is 5.92. The number of amides is 1. The summed E-state index contributed by atoms with van der Waals surface area (Å²) < 4.78 is 42.5. The van der Waals surface area contributed by atoms with Crippen LogP contribution in [0.1, 0.15) is 36.1 Å². The summed E-state index contributed by atoms with van der Waals surface area (Å²) in [7, 11) is 0. The lowest BCUT2D eigenvalue weighted by Crippen LogP contribution is -2.38. The van der Waals surface area contributed by atoms with E-state index in [-0.39, 0.29) is 18.3 Å². The van der Waals surface area contributed by atoms with Gasteiger partial charge in [-0.05, 0) is 30.5 Å². The maximum atomic E-state index is 12.6. The third-order valence-electron chi connectivity index (χ3n) is 4.08. The molecule has 2 aromatic rings. The van der Waals surface area contributed by atoms with Crippen LogP contribution in [0.5, 0.6) is 0 Å². The van der Waals surface area contributed by atoms with Crippen molar-refractivity contribution in [1.29, 1.82) is 0 Å². The SMILES string of the molecule is O=C(/C=C/c1ccccc1Cl)N1CCC[C@H](c2nnc(C(F)(F)F)o2)C1. The van der Waals surface area contributed by atoms with Crippen molar-refractivity contribution in [3.63, 3.8) is 0 Å². The molecule has 0 spiro atoms. The number of rotatable bonds is 3. The number of alkyl halides is 3. The molecule has 26 heavy (non-hydrogen) atoms. The van der Waals surface area contributed by atoms with Crippen LogP contribution in [0.4, 0.5) is 13.2 Å². The Labute approximate surface area is 152 Å². The summed E-state index contributed by atoms with van der Waals surface area (Å²) in [5.74, 6) is -2.12. The Bertz CT molecular complexity index is 820. The van der Waals surface area contributed by atoms with Gasteiger partial charge in [-0.2, -0.15) is 13.2 Å². The van der Waals surface area contributed by atoms with Crippen molar-refractivity contribution < 1.29 is 22.4 Å². The Morgan fingerprint density at radius 2 is 2.08 bits per heavy atom. The van der Waals surface area contributed by atoms with E-state index in [0.717, 1.165) is 0 Å². The van der Waals surface area contributed by atoms with Crippen molar-refractivity contribution in [2.45, 2.75) is 24.9 Å². The van der Waals surface area contributed by atoms with Gasteiger partial charge < -0.3 is 9.32 Å². The normalized spacial score (nSPS) is 18.5. The monoisotopic (exact) mass is 385 g/mol. The van der Waals surface area contributed by atoms with Gasteiger partial charge in [-0.1, -0.05) is 29.8 Å². The number of carbonyl (C=O) groups excluding carboxylic acids is 1. The van der Waals surface area contributed by atoms with Crippen LogP contribution in [0, 0.1) is 0 Å². The Balaban J connectivity index is 1.67. The molecule has 3 rings (SSSR count). The number of hydrogen-bond donors (Lipinski definition) is 0. The smallest absolute Gasteiger partial charge is 0.417 e. The molecule has 0 aliphatic carbocycles. The fourth-order valence-corrected chi connectivity index (χ4v) is 2.97. The Hall–Kier alpha value is -2.35. The highest BCUT2D eigenvalue weighted by atomic mass is 35.5. The van der Waals surface area contributed by atoms with Crippen LogP contribution >= 0.6 is 11.6 Å². The third kappa shape index (κ3) is 4.24. The highest BCUT2D eigenvalue weighted by Crippen LogP contribution is 2.32. The van der Waals surface area contributed by atoms with Gasteiger partial charge in [-0.25, -0.2) is 0 Å². The zero-order chi connectivity index (χ0) is 18.7. The van der Waals surface area contributed by atoms with Crippen molar-refractivity contribution >= 4 is 23.6 Å². The molecule has 0 unspecified atom stereocenters. The fourth-order valence-electron chi connectivity index (χ4n) is 2.77. The first kappa shape index (κ1) is 18.4. The lowest BCUT2D eigenvalue weighted by molar-refractivity contribution is -0.157. The maximum absolute atomic E-state index is 12.6. The largest absolute Gasteiger partial charge is 0.470 e. The van der Waals surface area contributed by atoms with Crippen LogP contribution in [-0.2, 0) is 11.0 Å². The summed E-state index contributed by atoms with van der Waals surface area (Å²) >= 11 is 6.04. The minimum Gasteiger partial charge on any atom is -0.417 e. The number of likely N-dealkylation sites (tertiary alicyclic amines) is 1. The Kier molecular flexibility index (Phi) is 5.31. The van der Waals surface area contributed by atoms with Gasteiger partial charge in [0.05, 0.1) is 5.92 Å². The van der Waals surface area contributed by atoms with Crippen LogP contribution < -0.4 is 0 Å². The van der Waals surface area contributed by atoms with Crippen molar-refractivity contribution in [3.8, 4) is 0 Å². The Morgan fingerprint density at radius 3 is 2.77 bits per heavy atom. The van der Waals surface area contributed by atoms with Gasteiger partial charge in [0.2, 0.25) is 11.8 Å². The minimum absolute atomic E-state index is 0.0927. The molecule has 1 saturated heterocycles. The van der Waals surface area contributed by atoms with Gasteiger partial charge in [-0.3, -0.25) is 4.79 Å². The van der Waals surface area contributed by atoms with Gasteiger partial charge in [0.25, 0.3) is 0 Å². The number of aromatic nitrogens is 2. The fraction of sp³-hybridized carbons (Fsp3) is 0.353. The molecule has 0 bridgehead atoms. The van der Waals surface area contributed by atoms with Crippen LogP contribution in [0.25, 0.3) is 6.08 Å². The topological polar surface area (TPSA) is 59.2 Å². The predicted molar refractivity (Wildman–Crippen MR) is 88.3 cm³/mol. The molecule has 9 heteroatoms. The van der Waals surface area contributed by atoms with E-state index in [9.17, 15) is 18.0 Å². The molecule has 5 nitrogen and oxygen atoms in total. The summed E-state index contributed by atoms with van der Waals surface area (Å²) in [6.45, 7) is 0.744. The molecule has 0 saturated carbocycles. The van der Waals surface area contributed by atoms with Crippen LogP contribution in [-0.4, -0.2) is 34.1 Å². The second kappa shape index (κ2) is 7.49. The molecule has 138 valence electrons. The molecule has 1 amide bonds. The number of piperidine rings is 1. The molecule has 0 radical (unpaired) electrons. The first-order valence-corrected chi connectivity index (χ1v) is 8.34. The summed E-state index contributed by atoms with van der Waals surface area (Å²) in [5.41, 5.74) is 0.711. The number of benzene rings is 1. The van der Waals surface area contributed by atoms with Crippen molar-refractivity contribution in [1.82, 2.24) is 15.1 Å². The third-order valence-corrected chi connectivity index (χ3v) is 4.42. The van der Waals surface area contributed by atoms with E-state index in [1.807, 2.05) is 0 Å². The Morgan fingerprint density at radius 1 is 1.31 bits per heavy atom. The van der Waals surface area contributed by atoms with Crippen LogP contribution in [0.15, 0.2) is 34.8 Å². The number of hydrogen-bond acceptors (Lipinski definition) is 4. The summed E-state index contributed by atoms with van der Waals surface area (Å²) in [5, 5.41) is 7.07. The average Bonchev–Trinajstić information content (AvgIpc) is 3.11. The first-order chi connectivity index (χ1) is 12.3. The number of carbonyl (C=O) groups is 1. The quantitative estimate of drug-likeness (QED) is 0.744. The summed E-state index contributed by atoms with van der Waals surface area (Å²) in [6.07, 6.45) is -0.439. The predicted octanol–water partition coefficient (Wildman–Crippen LogP) is 4.16. The molecule has 1 aromatic heterocycles. The standard InChI is InChI=1S/C17H15ClF3N3O2/c18-13-6-2-1-4-11(13)7-8-14(25)24-9-3-5-12(10-24)15-22-23-16(26-15)17(19,20)21/h1-2,4,6-8,12H,3,5,9-10H2/b8-7+/t12-/m0/s1. The van der Waals surface area contributed by atoms with Gasteiger partial charge in [0, 0.05) is 24.2 Å². The molecule has 1 aliphatic heterocycles. The molecule has 1 aromatic carbocycles. The first-order valence-electron chi connectivity index (χ1n) is 7.96. The number of halogens is 4. The second-order valence-corrected chi connectivity index (χ2v) is 6.33. The van der Waals surface area contributed by atoms with Crippen LogP contribution in [0.3, 0.4) is 0 Å². The van der Waals surface area contributed by atoms with E-state index >= 15 is 0 Å². The van der Waals surface area contributed by atoms with Gasteiger partial charge in [0.15, 0.2) is 0 Å². The molecular weight excluding hydrogens is 371 g/mol. The highest BCUT2D eigenvalue weighted by molar-refractivity contribution is 6.32. The zero-order valence-corrected chi connectivity index (χ0v) is 14.3. The van der Waals surface area contributed by atoms with E-state index in [0.29, 0.717) is 30.0 Å². The molecule has 2 heterocycles. The van der Waals surface area contributed by atoms with Crippen molar-refractivity contribution in [2.24, 2.45) is 0 Å². The minimum atomic E-state index is -4.67. The average molecular weight is 386 g/mol. The highest BCUT2D eigenvalue weighted by Gasteiger charge is 2.39. The molecule has 1 aliphatic rings. The van der Waals surface area contributed by atoms with Crippen molar-refractivity contribution in [2.75, 3.05) is 13.1 Å². The summed E-state index contributed by atoms with van der Waals surface area (Å²) in [4.78, 5) is 13.9. The maximum Gasteiger partial charge on any atom is 0.470 e. The van der Waals surface area contributed by atoms with Gasteiger partial charge in [-0.15, -0.1) is 10.2 Å². The van der Waals surface area contributed by atoms with Gasteiger partial charge >= 0.3 is 12.1 Å². The lowest BCUT2D eigenvalue weighted by Gasteiger charge is -2.30. The van der Waals surface area contributed by atoms with E-state index < -0.39 is 18.0 Å². The molecule has 0 N–H and O–H groups in total. The van der Waals surface area contributed by atoms with E-state index in [2.05, 4.69) is 10.2 Å². The number of nitrogens with zero attached hydrogens (tertiary/aromatic N) is 3. The van der Waals surface area contributed by atoms with Gasteiger partial charge in [0.1, 0.15) is 0 Å².